The lowest BCUT2D eigenvalue weighted by Gasteiger charge is -2.35. The Kier molecular flexibility index (Phi) is 7.29. The molecule has 2 aliphatic rings. The van der Waals surface area contributed by atoms with Gasteiger partial charge in [-0.3, -0.25) is 15.3 Å². The molecule has 1 aliphatic heterocycles. The SMILES string of the molecule is CCCC[C@H](O)[C@@H](CC1CCC1)C(=O)[C@]1(N)N=C(c2ccccc2)c2ccccc2N(C)C1=O. The molecule has 2 aromatic carbocycles. The van der Waals surface area contributed by atoms with E-state index in [9.17, 15) is 14.7 Å². The fourth-order valence-electron chi connectivity index (χ4n) is 5.02. The summed E-state index contributed by atoms with van der Waals surface area (Å²) in [6.07, 6.45) is 5.16. The van der Waals surface area contributed by atoms with Gasteiger partial charge in [-0.2, -0.15) is 0 Å². The van der Waals surface area contributed by atoms with Crippen molar-refractivity contribution in [2.75, 3.05) is 11.9 Å². The molecule has 6 nitrogen and oxygen atoms in total. The second-order valence-corrected chi connectivity index (χ2v) is 9.69. The highest BCUT2D eigenvalue weighted by Crippen LogP contribution is 2.37. The van der Waals surface area contributed by atoms with Crippen molar-refractivity contribution in [2.45, 2.75) is 63.6 Å². The maximum absolute atomic E-state index is 14.1. The van der Waals surface area contributed by atoms with E-state index in [1.165, 1.54) is 4.90 Å². The van der Waals surface area contributed by atoms with Crippen molar-refractivity contribution in [1.82, 2.24) is 0 Å². The summed E-state index contributed by atoms with van der Waals surface area (Å²) in [7, 11) is 1.63. The van der Waals surface area contributed by atoms with Crippen molar-refractivity contribution in [3.63, 3.8) is 0 Å². The Bertz CT molecular complexity index is 1060. The van der Waals surface area contributed by atoms with Crippen molar-refractivity contribution in [1.29, 1.82) is 0 Å². The summed E-state index contributed by atoms with van der Waals surface area (Å²) in [6, 6.07) is 17.0. The minimum absolute atomic E-state index is 0.377. The molecule has 0 aromatic heterocycles. The molecule has 1 heterocycles. The van der Waals surface area contributed by atoms with E-state index >= 15 is 0 Å². The number of amides is 1. The standard InChI is InChI=1S/C28H35N3O3/c1-3-4-17-24(32)22(18-19-11-10-12-19)26(33)28(29)27(34)31(2)23-16-9-8-15-21(23)25(30-28)20-13-6-5-7-14-20/h5-9,13-16,19,22,24,32H,3-4,10-12,17-18,29H2,1-2H3/t22-,24+,28+/m1/s1. The molecule has 0 bridgehead atoms. The number of fused-ring (bicyclic) bond motifs is 1. The Morgan fingerprint density at radius 3 is 2.50 bits per heavy atom. The molecular formula is C28H35N3O3. The van der Waals surface area contributed by atoms with Gasteiger partial charge in [0.15, 0.2) is 5.78 Å². The molecule has 3 N–H and O–H groups in total. The average molecular weight is 462 g/mol. The Hall–Kier alpha value is -2.83. The van der Waals surface area contributed by atoms with E-state index in [4.69, 9.17) is 10.7 Å². The average Bonchev–Trinajstić information content (AvgIpc) is 2.92. The quantitative estimate of drug-likeness (QED) is 0.550. The van der Waals surface area contributed by atoms with Crippen LogP contribution in [0.3, 0.4) is 0 Å². The van der Waals surface area contributed by atoms with Gasteiger partial charge in [0.25, 0.3) is 5.91 Å². The van der Waals surface area contributed by atoms with Crippen molar-refractivity contribution in [2.24, 2.45) is 22.6 Å². The van der Waals surface area contributed by atoms with Gasteiger partial charge in [-0.25, -0.2) is 4.99 Å². The summed E-state index contributed by atoms with van der Waals surface area (Å²) in [5.41, 5.74) is 7.28. The highest BCUT2D eigenvalue weighted by molar-refractivity contribution is 6.26. The van der Waals surface area contributed by atoms with Gasteiger partial charge in [-0.05, 0) is 24.8 Å². The second kappa shape index (κ2) is 10.2. The van der Waals surface area contributed by atoms with E-state index in [1.54, 1.807) is 7.05 Å². The number of rotatable bonds is 9. The zero-order valence-corrected chi connectivity index (χ0v) is 20.1. The molecule has 1 saturated carbocycles. The first kappa shape index (κ1) is 24.3. The third-order valence-corrected chi connectivity index (χ3v) is 7.33. The molecule has 4 rings (SSSR count). The summed E-state index contributed by atoms with van der Waals surface area (Å²) in [4.78, 5) is 34.0. The molecule has 0 saturated heterocycles. The van der Waals surface area contributed by atoms with Crippen LogP contribution in [0.2, 0.25) is 0 Å². The normalized spacial score (nSPS) is 22.3. The number of aliphatic hydroxyl groups is 1. The van der Waals surface area contributed by atoms with Crippen LogP contribution >= 0.6 is 0 Å². The fraction of sp³-hybridized carbons (Fsp3) is 0.464. The number of hydrogen-bond donors (Lipinski definition) is 2. The van der Waals surface area contributed by atoms with Gasteiger partial charge in [0.05, 0.1) is 17.5 Å². The zero-order valence-electron chi connectivity index (χ0n) is 20.1. The lowest BCUT2D eigenvalue weighted by molar-refractivity contribution is -0.139. The second-order valence-electron chi connectivity index (χ2n) is 9.69. The summed E-state index contributed by atoms with van der Waals surface area (Å²) in [5, 5.41) is 11.1. The molecule has 1 aliphatic carbocycles. The Morgan fingerprint density at radius 1 is 1.18 bits per heavy atom. The molecule has 2 aromatic rings. The van der Waals surface area contributed by atoms with Gasteiger partial charge in [0.1, 0.15) is 0 Å². The molecule has 6 heteroatoms. The first-order chi connectivity index (χ1) is 16.4. The molecule has 0 unspecified atom stereocenters. The lowest BCUT2D eigenvalue weighted by atomic mass is 9.74. The summed E-state index contributed by atoms with van der Waals surface area (Å²) >= 11 is 0. The summed E-state index contributed by atoms with van der Waals surface area (Å²) in [6.45, 7) is 2.05. The summed E-state index contributed by atoms with van der Waals surface area (Å²) in [5.74, 6) is -1.40. The minimum Gasteiger partial charge on any atom is -0.392 e. The molecule has 0 spiro atoms. The van der Waals surface area contributed by atoms with Crippen LogP contribution in [0, 0.1) is 11.8 Å². The van der Waals surface area contributed by atoms with Gasteiger partial charge in [-0.1, -0.05) is 87.6 Å². The van der Waals surface area contributed by atoms with Crippen LogP contribution in [0.25, 0.3) is 0 Å². The largest absolute Gasteiger partial charge is 0.392 e. The predicted molar refractivity (Wildman–Crippen MR) is 135 cm³/mol. The van der Waals surface area contributed by atoms with Crippen molar-refractivity contribution < 1.29 is 14.7 Å². The third kappa shape index (κ3) is 4.57. The maximum atomic E-state index is 14.1. The number of carbonyl (C=O) groups is 2. The number of anilines is 1. The van der Waals surface area contributed by atoms with Crippen LogP contribution in [0.5, 0.6) is 0 Å². The number of hydrogen-bond acceptors (Lipinski definition) is 5. The summed E-state index contributed by atoms with van der Waals surface area (Å²) < 4.78 is 0. The number of ketones is 1. The molecule has 34 heavy (non-hydrogen) atoms. The third-order valence-electron chi connectivity index (χ3n) is 7.33. The van der Waals surface area contributed by atoms with Crippen LogP contribution in [-0.4, -0.2) is 41.3 Å². The number of unbranched alkanes of at least 4 members (excludes halogenated alkanes) is 1. The van der Waals surface area contributed by atoms with E-state index in [0.29, 0.717) is 30.2 Å². The van der Waals surface area contributed by atoms with Gasteiger partial charge in [0.2, 0.25) is 5.66 Å². The van der Waals surface area contributed by atoms with Crippen LogP contribution in [0.1, 0.15) is 63.0 Å². The highest BCUT2D eigenvalue weighted by Gasteiger charge is 2.51. The number of para-hydroxylation sites is 1. The van der Waals surface area contributed by atoms with E-state index in [1.807, 2.05) is 54.6 Å². The maximum Gasteiger partial charge on any atom is 0.277 e. The number of nitrogens with zero attached hydrogens (tertiary/aromatic N) is 2. The first-order valence-corrected chi connectivity index (χ1v) is 12.4. The molecular weight excluding hydrogens is 426 g/mol. The monoisotopic (exact) mass is 461 g/mol. The van der Waals surface area contributed by atoms with Crippen LogP contribution in [0.4, 0.5) is 5.69 Å². The number of carbonyl (C=O) groups excluding carboxylic acids is 2. The van der Waals surface area contributed by atoms with Crippen LogP contribution < -0.4 is 10.6 Å². The molecule has 1 fully saturated rings. The van der Waals surface area contributed by atoms with Gasteiger partial charge in [-0.15, -0.1) is 0 Å². The predicted octanol–water partition coefficient (Wildman–Crippen LogP) is 4.08. The van der Waals surface area contributed by atoms with Gasteiger partial charge in [0, 0.05) is 24.1 Å². The number of aliphatic imine (C=N–C) groups is 1. The number of aliphatic hydroxyl groups excluding tert-OH is 1. The molecule has 3 atom stereocenters. The number of Topliss-reactive ketones (excluding diaryl/α,β-unsaturated/α-hetero) is 1. The van der Waals surface area contributed by atoms with E-state index < -0.39 is 29.4 Å². The highest BCUT2D eigenvalue weighted by atomic mass is 16.3. The van der Waals surface area contributed by atoms with E-state index in [0.717, 1.165) is 43.2 Å². The Morgan fingerprint density at radius 2 is 1.85 bits per heavy atom. The smallest absolute Gasteiger partial charge is 0.277 e. The minimum atomic E-state index is -2.11. The Labute approximate surface area is 201 Å². The topological polar surface area (TPSA) is 96.0 Å². The molecule has 1 amide bonds. The number of likely N-dealkylation sites (N-methyl/N-ethyl adjacent to an activating group) is 1. The molecule has 0 radical (unpaired) electrons. The van der Waals surface area contributed by atoms with Crippen molar-refractivity contribution >= 4 is 23.1 Å². The number of benzodiazepines with no additional fused rings is 1. The Balaban J connectivity index is 1.81. The lowest BCUT2D eigenvalue weighted by Crippen LogP contribution is -2.61. The number of nitrogens with two attached hydrogens (primary N) is 1. The first-order valence-electron chi connectivity index (χ1n) is 12.4. The van der Waals surface area contributed by atoms with E-state index in [-0.39, 0.29) is 0 Å². The van der Waals surface area contributed by atoms with Crippen molar-refractivity contribution in [3.8, 4) is 0 Å². The van der Waals surface area contributed by atoms with Gasteiger partial charge >= 0.3 is 0 Å². The number of benzene rings is 2. The zero-order chi connectivity index (χ0) is 24.3. The van der Waals surface area contributed by atoms with Crippen LogP contribution in [0.15, 0.2) is 59.6 Å². The fourth-order valence-corrected chi connectivity index (χ4v) is 5.02. The molecule has 180 valence electrons. The van der Waals surface area contributed by atoms with Gasteiger partial charge < -0.3 is 10.0 Å². The van der Waals surface area contributed by atoms with E-state index in [2.05, 4.69) is 6.92 Å². The van der Waals surface area contributed by atoms with Crippen LogP contribution in [-0.2, 0) is 9.59 Å². The van der Waals surface area contributed by atoms with Crippen molar-refractivity contribution in [3.05, 3.63) is 65.7 Å².